The average molecular weight is 557 g/mol. The minimum absolute atomic E-state index is 0.0620. The summed E-state index contributed by atoms with van der Waals surface area (Å²) in [7, 11) is -3.81. The Labute approximate surface area is 224 Å². The van der Waals surface area contributed by atoms with E-state index in [0.717, 1.165) is 28.1 Å². The smallest absolute Gasteiger partial charge is 0.244 e. The number of sulfonamides is 1. The Balaban J connectivity index is 2.52. The molecule has 0 aliphatic carbocycles. The van der Waals surface area contributed by atoms with E-state index >= 15 is 0 Å². The van der Waals surface area contributed by atoms with Crippen LogP contribution in [0.15, 0.2) is 36.4 Å². The van der Waals surface area contributed by atoms with Crippen molar-refractivity contribution in [2.24, 2.45) is 0 Å². The monoisotopic (exact) mass is 555 g/mol. The first kappa shape index (κ1) is 29.9. The minimum atomic E-state index is -3.81. The standard InChI is InChI=1S/C26H35Cl2N3O4S/c1-7-19(5)29-26(33)23(8-2)30(15-20-12-13-21(27)22(28)14-20)24(32)16-31(36(6,34)35)25-17(3)10-9-11-18(25)4/h9-14,19,23H,7-8,15-16H2,1-6H3,(H,29,33)/t19-,23-/m1/s1. The van der Waals surface area contributed by atoms with E-state index in [-0.39, 0.29) is 18.5 Å². The highest BCUT2D eigenvalue weighted by molar-refractivity contribution is 7.92. The normalized spacial score (nSPS) is 13.1. The molecule has 0 aromatic heterocycles. The maximum Gasteiger partial charge on any atom is 0.244 e. The number of nitrogens with zero attached hydrogens (tertiary/aromatic N) is 2. The van der Waals surface area contributed by atoms with Gasteiger partial charge < -0.3 is 10.2 Å². The van der Waals surface area contributed by atoms with Crippen LogP contribution in [0.25, 0.3) is 0 Å². The van der Waals surface area contributed by atoms with Crippen molar-refractivity contribution in [1.29, 1.82) is 0 Å². The molecule has 1 N–H and O–H groups in total. The van der Waals surface area contributed by atoms with Crippen molar-refractivity contribution in [2.75, 3.05) is 17.1 Å². The number of anilines is 1. The van der Waals surface area contributed by atoms with Gasteiger partial charge in [0.05, 0.1) is 22.0 Å². The van der Waals surface area contributed by atoms with Gasteiger partial charge in [-0.1, -0.05) is 61.3 Å². The fourth-order valence-corrected chi connectivity index (χ4v) is 5.26. The van der Waals surface area contributed by atoms with Crippen LogP contribution in [0.3, 0.4) is 0 Å². The van der Waals surface area contributed by atoms with Gasteiger partial charge in [0.25, 0.3) is 0 Å². The minimum Gasteiger partial charge on any atom is -0.352 e. The molecule has 0 heterocycles. The Hall–Kier alpha value is -2.29. The van der Waals surface area contributed by atoms with Crippen LogP contribution in [-0.4, -0.2) is 50.0 Å². The molecule has 198 valence electrons. The molecule has 0 fully saturated rings. The third-order valence-corrected chi connectivity index (χ3v) is 7.94. The molecule has 0 unspecified atom stereocenters. The first-order valence-corrected chi connectivity index (χ1v) is 14.5. The van der Waals surface area contributed by atoms with E-state index < -0.39 is 28.5 Å². The molecule has 10 heteroatoms. The molecule has 0 aliphatic heterocycles. The van der Waals surface area contributed by atoms with E-state index in [1.807, 2.05) is 26.8 Å². The third-order valence-electron chi connectivity index (χ3n) is 6.09. The number of nitrogens with one attached hydrogen (secondary N) is 1. The number of rotatable bonds is 11. The van der Waals surface area contributed by atoms with E-state index in [1.165, 1.54) is 4.90 Å². The number of para-hydroxylation sites is 1. The summed E-state index contributed by atoms with van der Waals surface area (Å²) in [5.74, 6) is -0.793. The molecule has 7 nitrogen and oxygen atoms in total. The predicted octanol–water partition coefficient (Wildman–Crippen LogP) is 5.10. The van der Waals surface area contributed by atoms with Crippen molar-refractivity contribution in [3.05, 3.63) is 63.1 Å². The second-order valence-electron chi connectivity index (χ2n) is 9.02. The SMILES string of the molecule is CC[C@@H](C)NC(=O)[C@@H](CC)N(Cc1ccc(Cl)c(Cl)c1)C(=O)CN(c1c(C)cccc1C)S(C)(=O)=O. The lowest BCUT2D eigenvalue weighted by atomic mass is 10.1. The second-order valence-corrected chi connectivity index (χ2v) is 11.7. The van der Waals surface area contributed by atoms with Gasteiger partial charge in [-0.05, 0) is 62.4 Å². The summed E-state index contributed by atoms with van der Waals surface area (Å²) in [6.07, 6.45) is 2.15. The van der Waals surface area contributed by atoms with Gasteiger partial charge in [0.2, 0.25) is 21.8 Å². The van der Waals surface area contributed by atoms with Crippen molar-refractivity contribution in [3.63, 3.8) is 0 Å². The van der Waals surface area contributed by atoms with Crippen LogP contribution in [0.2, 0.25) is 10.0 Å². The van der Waals surface area contributed by atoms with Gasteiger partial charge in [-0.3, -0.25) is 13.9 Å². The lowest BCUT2D eigenvalue weighted by molar-refractivity contribution is -0.140. The number of carbonyl (C=O) groups excluding carboxylic acids is 2. The number of hydrogen-bond acceptors (Lipinski definition) is 4. The van der Waals surface area contributed by atoms with Crippen LogP contribution >= 0.6 is 23.2 Å². The fourth-order valence-electron chi connectivity index (χ4n) is 3.97. The highest BCUT2D eigenvalue weighted by Gasteiger charge is 2.33. The Kier molecular flexibility index (Phi) is 10.6. The number of aryl methyl sites for hydroxylation is 2. The maximum absolute atomic E-state index is 13.8. The molecule has 0 aliphatic rings. The van der Waals surface area contributed by atoms with Gasteiger partial charge in [0.15, 0.2) is 0 Å². The lowest BCUT2D eigenvalue weighted by Crippen LogP contribution is -2.53. The Morgan fingerprint density at radius 2 is 1.61 bits per heavy atom. The number of amides is 2. The molecule has 0 radical (unpaired) electrons. The third kappa shape index (κ3) is 7.60. The largest absolute Gasteiger partial charge is 0.352 e. The van der Waals surface area contributed by atoms with Crippen LogP contribution in [0.4, 0.5) is 5.69 Å². The first-order chi connectivity index (χ1) is 16.8. The summed E-state index contributed by atoms with van der Waals surface area (Å²) in [6, 6.07) is 9.55. The number of benzene rings is 2. The molecule has 0 spiro atoms. The average Bonchev–Trinajstić information content (AvgIpc) is 2.79. The molecule has 2 atom stereocenters. The van der Waals surface area contributed by atoms with Gasteiger partial charge >= 0.3 is 0 Å². The zero-order valence-electron chi connectivity index (χ0n) is 21.6. The zero-order chi connectivity index (χ0) is 27.2. The lowest BCUT2D eigenvalue weighted by Gasteiger charge is -2.34. The topological polar surface area (TPSA) is 86.8 Å². The van der Waals surface area contributed by atoms with E-state index in [1.54, 1.807) is 44.2 Å². The van der Waals surface area contributed by atoms with Crippen molar-refractivity contribution in [1.82, 2.24) is 10.2 Å². The second kappa shape index (κ2) is 12.8. The van der Waals surface area contributed by atoms with Crippen LogP contribution in [0.1, 0.15) is 50.3 Å². The van der Waals surface area contributed by atoms with Gasteiger partial charge in [-0.15, -0.1) is 0 Å². The molecule has 0 bridgehead atoms. The molecule has 2 aromatic rings. The van der Waals surface area contributed by atoms with Crippen molar-refractivity contribution in [2.45, 2.75) is 66.1 Å². The summed E-state index contributed by atoms with van der Waals surface area (Å²) in [6.45, 7) is 8.88. The van der Waals surface area contributed by atoms with Crippen LogP contribution in [0, 0.1) is 13.8 Å². The summed E-state index contributed by atoms with van der Waals surface area (Å²) >= 11 is 12.3. The number of hydrogen-bond donors (Lipinski definition) is 1. The quantitative estimate of drug-likeness (QED) is 0.418. The van der Waals surface area contributed by atoms with Gasteiger partial charge in [0.1, 0.15) is 12.6 Å². The summed E-state index contributed by atoms with van der Waals surface area (Å²) in [5, 5.41) is 3.64. The predicted molar refractivity (Wildman–Crippen MR) is 147 cm³/mol. The molecule has 2 aromatic carbocycles. The van der Waals surface area contributed by atoms with Gasteiger partial charge in [-0.2, -0.15) is 0 Å². The zero-order valence-corrected chi connectivity index (χ0v) is 24.0. The first-order valence-electron chi connectivity index (χ1n) is 11.9. The van der Waals surface area contributed by atoms with Crippen LogP contribution in [0.5, 0.6) is 0 Å². The number of halogens is 2. The van der Waals surface area contributed by atoms with E-state index in [0.29, 0.717) is 27.7 Å². The molecule has 2 amide bonds. The Morgan fingerprint density at radius 1 is 1.00 bits per heavy atom. The highest BCUT2D eigenvalue weighted by atomic mass is 35.5. The van der Waals surface area contributed by atoms with Crippen LogP contribution < -0.4 is 9.62 Å². The van der Waals surface area contributed by atoms with E-state index in [2.05, 4.69) is 5.32 Å². The molecular weight excluding hydrogens is 521 g/mol. The Morgan fingerprint density at radius 3 is 2.11 bits per heavy atom. The molecule has 2 rings (SSSR count). The maximum atomic E-state index is 13.8. The molecule has 0 saturated carbocycles. The fraction of sp³-hybridized carbons (Fsp3) is 0.462. The molecular formula is C26H35Cl2N3O4S. The summed E-state index contributed by atoms with van der Waals surface area (Å²) < 4.78 is 26.8. The van der Waals surface area contributed by atoms with Crippen molar-refractivity contribution < 1.29 is 18.0 Å². The van der Waals surface area contributed by atoms with Gasteiger partial charge in [-0.25, -0.2) is 8.42 Å². The van der Waals surface area contributed by atoms with Crippen molar-refractivity contribution in [3.8, 4) is 0 Å². The van der Waals surface area contributed by atoms with Crippen LogP contribution in [-0.2, 0) is 26.2 Å². The summed E-state index contributed by atoms with van der Waals surface area (Å²) in [5.41, 5.74) is 2.59. The molecule has 36 heavy (non-hydrogen) atoms. The van der Waals surface area contributed by atoms with E-state index in [9.17, 15) is 18.0 Å². The van der Waals surface area contributed by atoms with E-state index in [4.69, 9.17) is 23.2 Å². The molecule has 0 saturated heterocycles. The van der Waals surface area contributed by atoms with Crippen molar-refractivity contribution >= 4 is 50.7 Å². The number of carbonyl (C=O) groups is 2. The summed E-state index contributed by atoms with van der Waals surface area (Å²) in [4.78, 5) is 28.4. The highest BCUT2D eigenvalue weighted by Crippen LogP contribution is 2.28. The van der Waals surface area contributed by atoms with Gasteiger partial charge in [0, 0.05) is 12.6 Å². The Bertz CT molecular complexity index is 1180.